The maximum absolute atomic E-state index is 13.1. The number of benzene rings is 2. The largest absolute Gasteiger partial charge is 0.347 e. The molecular formula is C20H26FN2O+. The van der Waals surface area contributed by atoms with Crippen molar-refractivity contribution in [1.29, 1.82) is 0 Å². The van der Waals surface area contributed by atoms with Gasteiger partial charge in [0.05, 0.1) is 0 Å². The third-order valence-corrected chi connectivity index (χ3v) is 4.27. The Kier molecular flexibility index (Phi) is 6.50. The fourth-order valence-corrected chi connectivity index (χ4v) is 2.79. The van der Waals surface area contributed by atoms with Gasteiger partial charge >= 0.3 is 0 Å². The van der Waals surface area contributed by atoms with E-state index in [2.05, 4.69) is 19.2 Å². The summed E-state index contributed by atoms with van der Waals surface area (Å²) in [5, 5.41) is 4.98. The van der Waals surface area contributed by atoms with Gasteiger partial charge in [-0.3, -0.25) is 4.79 Å². The Morgan fingerprint density at radius 1 is 1.12 bits per heavy atom. The Bertz CT molecular complexity index is 668. The lowest BCUT2D eigenvalue weighted by Gasteiger charge is -2.19. The molecule has 0 saturated heterocycles. The highest BCUT2D eigenvalue weighted by Crippen LogP contribution is 2.17. The SMILES string of the molecule is Cc1ccccc1CNC(=O)C[NH2+][C@H](c1ccc(F)cc1)C(C)C. The zero-order valence-corrected chi connectivity index (χ0v) is 14.6. The first kappa shape index (κ1) is 18.1. The highest BCUT2D eigenvalue weighted by Gasteiger charge is 2.20. The van der Waals surface area contributed by atoms with E-state index in [-0.39, 0.29) is 17.8 Å². The average Bonchev–Trinajstić information content (AvgIpc) is 2.55. The van der Waals surface area contributed by atoms with Gasteiger partial charge in [0.15, 0.2) is 6.54 Å². The highest BCUT2D eigenvalue weighted by atomic mass is 19.1. The van der Waals surface area contributed by atoms with Crippen molar-refractivity contribution in [2.75, 3.05) is 6.54 Å². The average molecular weight is 329 g/mol. The Balaban J connectivity index is 1.88. The summed E-state index contributed by atoms with van der Waals surface area (Å²) in [7, 11) is 0. The molecule has 0 saturated carbocycles. The molecule has 0 aliphatic carbocycles. The predicted molar refractivity (Wildman–Crippen MR) is 93.8 cm³/mol. The quantitative estimate of drug-likeness (QED) is 0.806. The van der Waals surface area contributed by atoms with Crippen LogP contribution >= 0.6 is 0 Å². The maximum atomic E-state index is 13.1. The van der Waals surface area contributed by atoms with E-state index in [9.17, 15) is 9.18 Å². The zero-order valence-electron chi connectivity index (χ0n) is 14.6. The molecule has 2 rings (SSSR count). The summed E-state index contributed by atoms with van der Waals surface area (Å²) < 4.78 is 13.1. The van der Waals surface area contributed by atoms with Gasteiger partial charge in [-0.25, -0.2) is 4.39 Å². The molecule has 0 bridgehead atoms. The number of aryl methyl sites for hydroxylation is 1. The van der Waals surface area contributed by atoms with E-state index in [1.807, 2.05) is 36.5 Å². The van der Waals surface area contributed by atoms with Crippen LogP contribution < -0.4 is 10.6 Å². The predicted octanol–water partition coefficient (Wildman–Crippen LogP) is 2.71. The lowest BCUT2D eigenvalue weighted by Crippen LogP contribution is -2.88. The second-order valence-corrected chi connectivity index (χ2v) is 6.46. The van der Waals surface area contributed by atoms with Gasteiger partial charge in [-0.15, -0.1) is 0 Å². The van der Waals surface area contributed by atoms with Gasteiger partial charge in [-0.2, -0.15) is 0 Å². The summed E-state index contributed by atoms with van der Waals surface area (Å²) in [6, 6.07) is 14.7. The van der Waals surface area contributed by atoms with E-state index in [1.54, 1.807) is 12.1 Å². The molecule has 0 unspecified atom stereocenters. The molecule has 24 heavy (non-hydrogen) atoms. The van der Waals surface area contributed by atoms with Crippen molar-refractivity contribution in [3.63, 3.8) is 0 Å². The van der Waals surface area contributed by atoms with Crippen LogP contribution in [-0.2, 0) is 11.3 Å². The standard InChI is InChI=1S/C20H25FN2O/c1-14(2)20(16-8-10-18(21)11-9-16)23-13-19(24)22-12-17-7-5-4-6-15(17)3/h4-11,14,20,23H,12-13H2,1-3H3,(H,22,24)/p+1/t20-/m0/s1. The lowest BCUT2D eigenvalue weighted by atomic mass is 9.96. The van der Waals surface area contributed by atoms with Crippen molar-refractivity contribution in [2.24, 2.45) is 5.92 Å². The van der Waals surface area contributed by atoms with Crippen LogP contribution in [0.15, 0.2) is 48.5 Å². The Hall–Kier alpha value is -2.20. The number of hydrogen-bond acceptors (Lipinski definition) is 1. The van der Waals surface area contributed by atoms with E-state index in [0.29, 0.717) is 19.0 Å². The highest BCUT2D eigenvalue weighted by molar-refractivity contribution is 5.76. The van der Waals surface area contributed by atoms with E-state index in [0.717, 1.165) is 11.1 Å². The zero-order chi connectivity index (χ0) is 17.5. The van der Waals surface area contributed by atoms with E-state index < -0.39 is 0 Å². The maximum Gasteiger partial charge on any atom is 0.275 e. The van der Waals surface area contributed by atoms with Crippen molar-refractivity contribution in [2.45, 2.75) is 33.4 Å². The van der Waals surface area contributed by atoms with Gasteiger partial charge in [-0.05, 0) is 30.2 Å². The van der Waals surface area contributed by atoms with E-state index >= 15 is 0 Å². The number of amides is 1. The molecule has 0 aromatic heterocycles. The molecule has 0 spiro atoms. The van der Waals surface area contributed by atoms with Crippen molar-refractivity contribution in [3.8, 4) is 0 Å². The molecule has 0 aliphatic rings. The summed E-state index contributed by atoms with van der Waals surface area (Å²) in [4.78, 5) is 12.1. The third-order valence-electron chi connectivity index (χ3n) is 4.27. The van der Waals surface area contributed by atoms with Crippen LogP contribution in [0.2, 0.25) is 0 Å². The van der Waals surface area contributed by atoms with Gasteiger partial charge in [0, 0.05) is 18.0 Å². The van der Waals surface area contributed by atoms with Gasteiger partial charge in [0.1, 0.15) is 11.9 Å². The van der Waals surface area contributed by atoms with Crippen LogP contribution in [0.3, 0.4) is 0 Å². The summed E-state index contributed by atoms with van der Waals surface area (Å²) >= 11 is 0. The van der Waals surface area contributed by atoms with Crippen LogP contribution in [0.25, 0.3) is 0 Å². The number of quaternary nitrogens is 1. The number of nitrogens with two attached hydrogens (primary N) is 1. The topological polar surface area (TPSA) is 45.7 Å². The normalized spacial score (nSPS) is 12.2. The summed E-state index contributed by atoms with van der Waals surface area (Å²) in [6.45, 7) is 7.15. The molecule has 0 aliphatic heterocycles. The molecule has 3 nitrogen and oxygen atoms in total. The minimum absolute atomic E-state index is 0.00557. The fourth-order valence-electron chi connectivity index (χ4n) is 2.79. The first-order chi connectivity index (χ1) is 11.5. The first-order valence-corrected chi connectivity index (χ1v) is 8.37. The summed E-state index contributed by atoms with van der Waals surface area (Å²) in [5.41, 5.74) is 3.34. The second kappa shape index (κ2) is 8.60. The molecule has 2 aromatic rings. The fraction of sp³-hybridized carbons (Fsp3) is 0.350. The van der Waals surface area contributed by atoms with Crippen LogP contribution in [0, 0.1) is 18.7 Å². The molecule has 2 aromatic carbocycles. The lowest BCUT2D eigenvalue weighted by molar-refractivity contribution is -0.692. The van der Waals surface area contributed by atoms with Crippen molar-refractivity contribution < 1.29 is 14.5 Å². The molecule has 0 heterocycles. The molecule has 0 fully saturated rings. The van der Waals surface area contributed by atoms with Gasteiger partial charge in [0.25, 0.3) is 5.91 Å². The van der Waals surface area contributed by atoms with Crippen LogP contribution in [0.4, 0.5) is 4.39 Å². The molecule has 1 atom stereocenters. The monoisotopic (exact) mass is 329 g/mol. The molecule has 128 valence electrons. The Morgan fingerprint density at radius 3 is 2.42 bits per heavy atom. The molecule has 3 N–H and O–H groups in total. The van der Waals surface area contributed by atoms with Crippen LogP contribution in [0.5, 0.6) is 0 Å². The summed E-state index contributed by atoms with van der Waals surface area (Å²) in [6.07, 6.45) is 0. The number of carbonyl (C=O) groups excluding carboxylic acids is 1. The van der Waals surface area contributed by atoms with Crippen LogP contribution in [0.1, 0.15) is 36.6 Å². The van der Waals surface area contributed by atoms with E-state index in [1.165, 1.54) is 17.7 Å². The number of rotatable bonds is 7. The third kappa shape index (κ3) is 5.17. The van der Waals surface area contributed by atoms with Crippen molar-refractivity contribution in [1.82, 2.24) is 5.32 Å². The summed E-state index contributed by atoms with van der Waals surface area (Å²) in [5.74, 6) is 0.114. The first-order valence-electron chi connectivity index (χ1n) is 8.37. The number of hydrogen-bond donors (Lipinski definition) is 2. The van der Waals surface area contributed by atoms with Gasteiger partial charge in [0.2, 0.25) is 0 Å². The molecular weight excluding hydrogens is 303 g/mol. The number of carbonyl (C=O) groups is 1. The van der Waals surface area contributed by atoms with Gasteiger partial charge < -0.3 is 10.6 Å². The molecule has 0 radical (unpaired) electrons. The minimum atomic E-state index is -0.239. The minimum Gasteiger partial charge on any atom is -0.347 e. The van der Waals surface area contributed by atoms with Crippen molar-refractivity contribution >= 4 is 5.91 Å². The van der Waals surface area contributed by atoms with Crippen LogP contribution in [-0.4, -0.2) is 12.5 Å². The Morgan fingerprint density at radius 2 is 1.79 bits per heavy atom. The van der Waals surface area contributed by atoms with Gasteiger partial charge in [-0.1, -0.05) is 50.2 Å². The smallest absolute Gasteiger partial charge is 0.275 e. The molecule has 1 amide bonds. The second-order valence-electron chi connectivity index (χ2n) is 6.46. The van der Waals surface area contributed by atoms with E-state index in [4.69, 9.17) is 0 Å². The number of halogens is 1. The Labute approximate surface area is 143 Å². The molecule has 4 heteroatoms. The number of nitrogens with one attached hydrogen (secondary N) is 1. The van der Waals surface area contributed by atoms with Crippen molar-refractivity contribution in [3.05, 3.63) is 71.0 Å².